The van der Waals surface area contributed by atoms with Gasteiger partial charge in [0.1, 0.15) is 0 Å². The Hall–Kier alpha value is -1.03. The SMILES string of the molecule is CC1=CCN(CCNC(N)=NCC2CCC2)CC1. The van der Waals surface area contributed by atoms with Crippen molar-refractivity contribution in [1.29, 1.82) is 0 Å². The van der Waals surface area contributed by atoms with Crippen molar-refractivity contribution in [2.75, 3.05) is 32.7 Å². The Morgan fingerprint density at radius 3 is 3.00 bits per heavy atom. The molecule has 1 heterocycles. The fourth-order valence-corrected chi connectivity index (χ4v) is 2.32. The highest BCUT2D eigenvalue weighted by molar-refractivity contribution is 5.77. The van der Waals surface area contributed by atoms with E-state index in [1.807, 2.05) is 0 Å². The van der Waals surface area contributed by atoms with Gasteiger partial charge in [-0.1, -0.05) is 18.1 Å². The lowest BCUT2D eigenvalue weighted by atomic mass is 9.86. The average Bonchev–Trinajstić information content (AvgIpc) is 2.30. The molecule has 0 amide bonds. The van der Waals surface area contributed by atoms with Crippen molar-refractivity contribution in [2.24, 2.45) is 16.6 Å². The number of nitrogens with two attached hydrogens (primary N) is 1. The van der Waals surface area contributed by atoms with E-state index in [1.54, 1.807) is 0 Å². The summed E-state index contributed by atoms with van der Waals surface area (Å²) >= 11 is 0. The standard InChI is InChI=1S/C14H26N4/c1-12-5-8-18(9-6-12)10-7-16-14(15)17-11-13-3-2-4-13/h5,13H,2-4,6-11H2,1H3,(H3,15,16,17). The van der Waals surface area contributed by atoms with Crippen LogP contribution in [-0.4, -0.2) is 43.6 Å². The highest BCUT2D eigenvalue weighted by atomic mass is 15.2. The predicted molar refractivity (Wildman–Crippen MR) is 76.6 cm³/mol. The van der Waals surface area contributed by atoms with Crippen molar-refractivity contribution < 1.29 is 0 Å². The number of nitrogens with one attached hydrogen (secondary N) is 1. The van der Waals surface area contributed by atoms with Crippen LogP contribution in [0.25, 0.3) is 0 Å². The van der Waals surface area contributed by atoms with E-state index in [0.717, 1.165) is 32.1 Å². The molecule has 1 saturated carbocycles. The van der Waals surface area contributed by atoms with E-state index in [-0.39, 0.29) is 0 Å². The lowest BCUT2D eigenvalue weighted by Crippen LogP contribution is -2.40. The molecule has 0 atom stereocenters. The largest absolute Gasteiger partial charge is 0.370 e. The van der Waals surface area contributed by atoms with E-state index in [9.17, 15) is 0 Å². The minimum atomic E-state index is 0.616. The maximum atomic E-state index is 5.85. The Balaban J connectivity index is 1.56. The Morgan fingerprint density at radius 2 is 2.39 bits per heavy atom. The first-order valence-corrected chi connectivity index (χ1v) is 7.16. The first kappa shape index (κ1) is 13.4. The van der Waals surface area contributed by atoms with E-state index in [0.29, 0.717) is 5.96 Å². The minimum Gasteiger partial charge on any atom is -0.370 e. The third-order valence-corrected chi connectivity index (χ3v) is 4.00. The molecule has 4 heteroatoms. The van der Waals surface area contributed by atoms with E-state index in [4.69, 9.17) is 5.73 Å². The third kappa shape index (κ3) is 4.33. The van der Waals surface area contributed by atoms with Gasteiger partial charge >= 0.3 is 0 Å². The molecule has 3 N–H and O–H groups in total. The molecule has 0 spiro atoms. The maximum absolute atomic E-state index is 5.85. The van der Waals surface area contributed by atoms with Crippen LogP contribution in [-0.2, 0) is 0 Å². The summed E-state index contributed by atoms with van der Waals surface area (Å²) < 4.78 is 0. The van der Waals surface area contributed by atoms with E-state index >= 15 is 0 Å². The van der Waals surface area contributed by atoms with Gasteiger partial charge in [0.15, 0.2) is 5.96 Å². The number of hydrogen-bond donors (Lipinski definition) is 2. The van der Waals surface area contributed by atoms with Gasteiger partial charge in [-0.05, 0) is 32.1 Å². The normalized spacial score (nSPS) is 22.5. The second-order valence-electron chi connectivity index (χ2n) is 5.55. The van der Waals surface area contributed by atoms with Gasteiger partial charge in [0, 0.05) is 32.7 Å². The number of nitrogens with zero attached hydrogens (tertiary/aromatic N) is 2. The van der Waals surface area contributed by atoms with Crippen LogP contribution in [0.1, 0.15) is 32.6 Å². The first-order chi connectivity index (χ1) is 8.74. The van der Waals surface area contributed by atoms with Crippen LogP contribution in [0.3, 0.4) is 0 Å². The van der Waals surface area contributed by atoms with Crippen molar-refractivity contribution >= 4 is 5.96 Å². The molecule has 1 fully saturated rings. The lowest BCUT2D eigenvalue weighted by molar-refractivity contribution is 0.298. The van der Waals surface area contributed by atoms with Crippen LogP contribution >= 0.6 is 0 Å². The number of aliphatic imine (C=N–C) groups is 1. The highest BCUT2D eigenvalue weighted by Crippen LogP contribution is 2.26. The summed E-state index contributed by atoms with van der Waals surface area (Å²) in [5, 5.41) is 3.21. The molecular weight excluding hydrogens is 224 g/mol. The molecule has 2 aliphatic rings. The topological polar surface area (TPSA) is 53.6 Å². The second-order valence-corrected chi connectivity index (χ2v) is 5.55. The molecule has 0 unspecified atom stereocenters. The van der Waals surface area contributed by atoms with Crippen LogP contribution < -0.4 is 11.1 Å². The van der Waals surface area contributed by atoms with Gasteiger partial charge in [0.2, 0.25) is 0 Å². The maximum Gasteiger partial charge on any atom is 0.188 e. The summed E-state index contributed by atoms with van der Waals surface area (Å²) in [6.45, 7) is 7.30. The molecule has 0 aromatic heterocycles. The lowest BCUT2D eigenvalue weighted by Gasteiger charge is -2.25. The fraction of sp³-hybridized carbons (Fsp3) is 0.786. The minimum absolute atomic E-state index is 0.616. The highest BCUT2D eigenvalue weighted by Gasteiger charge is 2.16. The molecule has 1 aliphatic carbocycles. The number of rotatable bonds is 5. The molecule has 4 nitrogen and oxygen atoms in total. The van der Waals surface area contributed by atoms with Crippen molar-refractivity contribution in [3.05, 3.63) is 11.6 Å². The van der Waals surface area contributed by atoms with Gasteiger partial charge in [-0.25, -0.2) is 0 Å². The van der Waals surface area contributed by atoms with Gasteiger partial charge in [0.25, 0.3) is 0 Å². The third-order valence-electron chi connectivity index (χ3n) is 4.00. The second kappa shape index (κ2) is 6.78. The molecule has 1 aliphatic heterocycles. The fourth-order valence-electron chi connectivity index (χ4n) is 2.32. The molecular formula is C14H26N4. The van der Waals surface area contributed by atoms with Crippen molar-refractivity contribution in [2.45, 2.75) is 32.6 Å². The van der Waals surface area contributed by atoms with E-state index in [1.165, 1.54) is 37.8 Å². The summed E-state index contributed by atoms with van der Waals surface area (Å²) in [6.07, 6.45) is 7.55. The molecule has 0 bridgehead atoms. The molecule has 2 rings (SSSR count). The van der Waals surface area contributed by atoms with Gasteiger partial charge in [0.05, 0.1) is 0 Å². The Bertz CT molecular complexity index is 318. The monoisotopic (exact) mass is 250 g/mol. The molecule has 0 saturated heterocycles. The summed E-state index contributed by atoms with van der Waals surface area (Å²) in [7, 11) is 0. The zero-order valence-electron chi connectivity index (χ0n) is 11.5. The van der Waals surface area contributed by atoms with Crippen LogP contribution in [0.5, 0.6) is 0 Å². The van der Waals surface area contributed by atoms with Gasteiger partial charge < -0.3 is 11.1 Å². The molecule has 0 radical (unpaired) electrons. The molecule has 0 aromatic carbocycles. The number of hydrogen-bond acceptors (Lipinski definition) is 2. The van der Waals surface area contributed by atoms with Crippen molar-refractivity contribution in [3.63, 3.8) is 0 Å². The van der Waals surface area contributed by atoms with Gasteiger partial charge in [-0.3, -0.25) is 9.89 Å². The smallest absolute Gasteiger partial charge is 0.188 e. The summed E-state index contributed by atoms with van der Waals surface area (Å²) in [5.41, 5.74) is 7.36. The van der Waals surface area contributed by atoms with E-state index < -0.39 is 0 Å². The van der Waals surface area contributed by atoms with Crippen LogP contribution in [0.2, 0.25) is 0 Å². The molecule has 102 valence electrons. The number of guanidine groups is 1. The average molecular weight is 250 g/mol. The van der Waals surface area contributed by atoms with Crippen LogP contribution in [0.15, 0.2) is 16.6 Å². The molecule has 18 heavy (non-hydrogen) atoms. The predicted octanol–water partition coefficient (Wildman–Crippen LogP) is 1.34. The zero-order chi connectivity index (χ0) is 12.8. The van der Waals surface area contributed by atoms with Crippen LogP contribution in [0, 0.1) is 5.92 Å². The van der Waals surface area contributed by atoms with Crippen molar-refractivity contribution in [1.82, 2.24) is 10.2 Å². The van der Waals surface area contributed by atoms with E-state index in [2.05, 4.69) is 28.2 Å². The molecule has 0 aromatic rings. The Morgan fingerprint density at radius 1 is 1.56 bits per heavy atom. The van der Waals surface area contributed by atoms with Crippen LogP contribution in [0.4, 0.5) is 0 Å². The Labute approximate surface area is 110 Å². The summed E-state index contributed by atoms with van der Waals surface area (Å²) in [4.78, 5) is 6.84. The summed E-state index contributed by atoms with van der Waals surface area (Å²) in [6, 6.07) is 0. The van der Waals surface area contributed by atoms with Gasteiger partial charge in [-0.15, -0.1) is 0 Å². The summed E-state index contributed by atoms with van der Waals surface area (Å²) in [5.74, 6) is 1.41. The van der Waals surface area contributed by atoms with Crippen molar-refractivity contribution in [3.8, 4) is 0 Å². The zero-order valence-corrected chi connectivity index (χ0v) is 11.5. The van der Waals surface area contributed by atoms with Gasteiger partial charge in [-0.2, -0.15) is 0 Å². The first-order valence-electron chi connectivity index (χ1n) is 7.16. The quantitative estimate of drug-likeness (QED) is 0.440. The Kier molecular flexibility index (Phi) is 5.05.